The minimum atomic E-state index is 0.337. The largest absolute Gasteiger partial charge is 0.312 e. The molecule has 2 atom stereocenters. The molecular formula is C16H24ClN. The second kappa shape index (κ2) is 7.81. The summed E-state index contributed by atoms with van der Waals surface area (Å²) in [6.45, 7) is 1.09. The summed E-state index contributed by atoms with van der Waals surface area (Å²) in [7, 11) is 0. The van der Waals surface area contributed by atoms with E-state index in [0.717, 1.165) is 13.0 Å². The molecule has 1 aromatic carbocycles. The predicted molar refractivity (Wildman–Crippen MR) is 79.3 cm³/mol. The van der Waals surface area contributed by atoms with Gasteiger partial charge in [0.25, 0.3) is 0 Å². The number of halogens is 1. The molecule has 100 valence electrons. The minimum absolute atomic E-state index is 0.337. The van der Waals surface area contributed by atoms with Gasteiger partial charge in [-0.05, 0) is 37.8 Å². The van der Waals surface area contributed by atoms with Crippen LogP contribution in [0.4, 0.5) is 0 Å². The zero-order valence-corrected chi connectivity index (χ0v) is 11.8. The van der Waals surface area contributed by atoms with Gasteiger partial charge in [-0.25, -0.2) is 0 Å². The Labute approximate surface area is 116 Å². The monoisotopic (exact) mass is 265 g/mol. The first kappa shape index (κ1) is 13.9. The quantitative estimate of drug-likeness (QED) is 0.479. The molecule has 1 saturated carbocycles. The van der Waals surface area contributed by atoms with Crippen LogP contribution in [0.3, 0.4) is 0 Å². The minimum Gasteiger partial charge on any atom is -0.312 e. The summed E-state index contributed by atoms with van der Waals surface area (Å²) in [4.78, 5) is 0. The molecule has 2 unspecified atom stereocenters. The molecule has 1 aliphatic carbocycles. The summed E-state index contributed by atoms with van der Waals surface area (Å²) in [5.41, 5.74) is 1.43. The van der Waals surface area contributed by atoms with Crippen LogP contribution in [0, 0.1) is 0 Å². The van der Waals surface area contributed by atoms with Crippen molar-refractivity contribution in [3.63, 3.8) is 0 Å². The van der Waals surface area contributed by atoms with Gasteiger partial charge >= 0.3 is 0 Å². The molecule has 0 heterocycles. The molecule has 1 aromatic rings. The van der Waals surface area contributed by atoms with Crippen LogP contribution in [-0.4, -0.2) is 18.0 Å². The summed E-state index contributed by atoms with van der Waals surface area (Å²) in [5, 5.41) is 3.99. The van der Waals surface area contributed by atoms with Crippen LogP contribution in [-0.2, 0) is 6.42 Å². The number of alkyl halides is 1. The molecule has 1 fully saturated rings. The van der Waals surface area contributed by atoms with E-state index in [4.69, 9.17) is 11.6 Å². The van der Waals surface area contributed by atoms with Crippen LogP contribution in [0.25, 0.3) is 0 Å². The lowest BCUT2D eigenvalue weighted by Gasteiger charge is -2.21. The first-order valence-corrected chi connectivity index (χ1v) is 7.71. The number of benzene rings is 1. The van der Waals surface area contributed by atoms with E-state index in [2.05, 4.69) is 35.6 Å². The molecule has 2 heteroatoms. The van der Waals surface area contributed by atoms with Crippen molar-refractivity contribution in [2.24, 2.45) is 0 Å². The summed E-state index contributed by atoms with van der Waals surface area (Å²) < 4.78 is 0. The number of hydrogen-bond donors (Lipinski definition) is 1. The fourth-order valence-electron chi connectivity index (χ4n) is 2.72. The second-order valence-corrected chi connectivity index (χ2v) is 5.86. The summed E-state index contributed by atoms with van der Waals surface area (Å²) >= 11 is 6.42. The Hall–Kier alpha value is -0.530. The first-order chi connectivity index (χ1) is 8.86. The van der Waals surface area contributed by atoms with Gasteiger partial charge in [-0.3, -0.25) is 0 Å². The van der Waals surface area contributed by atoms with Crippen molar-refractivity contribution in [3.05, 3.63) is 35.9 Å². The van der Waals surface area contributed by atoms with Gasteiger partial charge < -0.3 is 5.32 Å². The van der Waals surface area contributed by atoms with Crippen LogP contribution in [0.5, 0.6) is 0 Å². The Kier molecular flexibility index (Phi) is 6.02. The maximum absolute atomic E-state index is 6.42. The third-order valence-corrected chi connectivity index (χ3v) is 4.35. The Balaban J connectivity index is 1.65. The highest BCUT2D eigenvalue weighted by atomic mass is 35.5. The standard InChI is InChI=1S/C16H24ClN/c17-15-11-5-2-6-12-16(15)18-13-7-10-14-8-3-1-4-9-14/h1,3-4,8-9,15-16,18H,2,5-7,10-13H2. The molecule has 1 nitrogen and oxygen atoms in total. The summed E-state index contributed by atoms with van der Waals surface area (Å²) in [6, 6.07) is 11.2. The molecule has 18 heavy (non-hydrogen) atoms. The van der Waals surface area contributed by atoms with Crippen molar-refractivity contribution < 1.29 is 0 Å². The lowest BCUT2D eigenvalue weighted by molar-refractivity contribution is 0.461. The third kappa shape index (κ3) is 4.62. The molecule has 0 bridgehead atoms. The fraction of sp³-hybridized carbons (Fsp3) is 0.625. The Bertz CT molecular complexity index is 325. The first-order valence-electron chi connectivity index (χ1n) is 7.27. The zero-order valence-electron chi connectivity index (χ0n) is 11.1. The SMILES string of the molecule is ClC1CCCCCC1NCCCc1ccccc1. The molecule has 2 rings (SSSR count). The van der Waals surface area contributed by atoms with E-state index in [1.807, 2.05) is 0 Å². The van der Waals surface area contributed by atoms with Gasteiger partial charge in [-0.15, -0.1) is 11.6 Å². The number of hydrogen-bond acceptors (Lipinski definition) is 1. The molecular weight excluding hydrogens is 242 g/mol. The third-order valence-electron chi connectivity index (χ3n) is 3.82. The van der Waals surface area contributed by atoms with Gasteiger partial charge in [0, 0.05) is 11.4 Å². The highest BCUT2D eigenvalue weighted by Gasteiger charge is 2.20. The second-order valence-electron chi connectivity index (χ2n) is 5.30. The maximum Gasteiger partial charge on any atom is 0.0489 e. The zero-order chi connectivity index (χ0) is 12.6. The van der Waals surface area contributed by atoms with Crippen LogP contribution in [0.1, 0.15) is 44.1 Å². The number of nitrogens with one attached hydrogen (secondary N) is 1. The number of aryl methyl sites for hydroxylation is 1. The van der Waals surface area contributed by atoms with E-state index < -0.39 is 0 Å². The van der Waals surface area contributed by atoms with Crippen molar-refractivity contribution in [1.29, 1.82) is 0 Å². The van der Waals surface area contributed by atoms with Gasteiger partial charge in [0.1, 0.15) is 0 Å². The van der Waals surface area contributed by atoms with E-state index in [9.17, 15) is 0 Å². The molecule has 0 radical (unpaired) electrons. The molecule has 1 aliphatic rings. The van der Waals surface area contributed by atoms with Crippen LogP contribution in [0.2, 0.25) is 0 Å². The van der Waals surface area contributed by atoms with Crippen LogP contribution >= 0.6 is 11.6 Å². The van der Waals surface area contributed by atoms with E-state index >= 15 is 0 Å². The van der Waals surface area contributed by atoms with Gasteiger partial charge in [0.2, 0.25) is 0 Å². The van der Waals surface area contributed by atoms with Gasteiger partial charge in [0.05, 0.1) is 0 Å². The van der Waals surface area contributed by atoms with Crippen molar-refractivity contribution >= 4 is 11.6 Å². The highest BCUT2D eigenvalue weighted by Crippen LogP contribution is 2.22. The van der Waals surface area contributed by atoms with Gasteiger partial charge in [-0.1, -0.05) is 49.6 Å². The predicted octanol–water partition coefficient (Wildman–Crippen LogP) is 4.15. The molecule has 0 saturated heterocycles. The van der Waals surface area contributed by atoms with E-state index in [0.29, 0.717) is 11.4 Å². The van der Waals surface area contributed by atoms with Crippen molar-refractivity contribution in [1.82, 2.24) is 5.32 Å². The topological polar surface area (TPSA) is 12.0 Å². The normalized spacial score (nSPS) is 24.7. The smallest absolute Gasteiger partial charge is 0.0489 e. The Morgan fingerprint density at radius 2 is 1.83 bits per heavy atom. The molecule has 0 aliphatic heterocycles. The lowest BCUT2D eigenvalue weighted by Crippen LogP contribution is -2.37. The van der Waals surface area contributed by atoms with Crippen LogP contribution in [0.15, 0.2) is 30.3 Å². The molecule has 0 amide bonds. The van der Waals surface area contributed by atoms with Gasteiger partial charge in [-0.2, -0.15) is 0 Å². The molecule has 0 spiro atoms. The molecule has 1 N–H and O–H groups in total. The lowest BCUT2D eigenvalue weighted by atomic mass is 10.1. The summed E-state index contributed by atoms with van der Waals surface area (Å²) in [6.07, 6.45) is 8.77. The van der Waals surface area contributed by atoms with E-state index in [-0.39, 0.29) is 0 Å². The van der Waals surface area contributed by atoms with Crippen molar-refractivity contribution in [3.8, 4) is 0 Å². The average molecular weight is 266 g/mol. The van der Waals surface area contributed by atoms with Crippen molar-refractivity contribution in [2.45, 2.75) is 56.4 Å². The van der Waals surface area contributed by atoms with E-state index in [1.54, 1.807) is 0 Å². The average Bonchev–Trinajstić information content (AvgIpc) is 2.61. The van der Waals surface area contributed by atoms with E-state index in [1.165, 1.54) is 44.1 Å². The van der Waals surface area contributed by atoms with Gasteiger partial charge in [0.15, 0.2) is 0 Å². The number of rotatable bonds is 5. The summed E-state index contributed by atoms with van der Waals surface area (Å²) in [5.74, 6) is 0. The molecule has 0 aromatic heterocycles. The van der Waals surface area contributed by atoms with Crippen molar-refractivity contribution in [2.75, 3.05) is 6.54 Å². The van der Waals surface area contributed by atoms with Crippen LogP contribution < -0.4 is 5.32 Å². The Morgan fingerprint density at radius 1 is 1.06 bits per heavy atom. The highest BCUT2D eigenvalue weighted by molar-refractivity contribution is 6.21. The maximum atomic E-state index is 6.42. The fourth-order valence-corrected chi connectivity index (χ4v) is 3.09. The Morgan fingerprint density at radius 3 is 2.67 bits per heavy atom.